The summed E-state index contributed by atoms with van der Waals surface area (Å²) in [7, 11) is 4.34. The van der Waals surface area contributed by atoms with Crippen LogP contribution >= 0.6 is 23.2 Å². The van der Waals surface area contributed by atoms with Crippen molar-refractivity contribution < 1.29 is 18.4 Å². The smallest absolute Gasteiger partial charge is 0.353 e. The molecule has 0 aliphatic carbocycles. The number of piperidine rings is 1. The Kier molecular flexibility index (Phi) is 5.22. The van der Waals surface area contributed by atoms with E-state index in [0.29, 0.717) is 22.9 Å². The van der Waals surface area contributed by atoms with Gasteiger partial charge in [-0.25, -0.2) is 9.18 Å². The van der Waals surface area contributed by atoms with Crippen LogP contribution in [-0.2, 0) is 15.2 Å². The highest BCUT2D eigenvalue weighted by molar-refractivity contribution is 6.31. The fourth-order valence-corrected chi connectivity index (χ4v) is 4.80. The maximum absolute atomic E-state index is 16.5. The molecule has 152 valence electrons. The number of rotatable bonds is 4. The number of hydrogen-bond acceptors (Lipinski definition) is 2. The van der Waals surface area contributed by atoms with Gasteiger partial charge in [0, 0.05) is 34.0 Å². The number of fused-ring (bicyclic) bond motifs is 2. The Labute approximate surface area is 180 Å². The van der Waals surface area contributed by atoms with Crippen LogP contribution < -0.4 is 0 Å². The molecule has 6 heteroatoms. The highest BCUT2D eigenvalue weighted by Gasteiger charge is 2.50. The third kappa shape index (κ3) is 3.58. The van der Waals surface area contributed by atoms with Crippen LogP contribution in [0.25, 0.3) is 0 Å². The summed E-state index contributed by atoms with van der Waals surface area (Å²) < 4.78 is 23.1. The number of likely N-dealkylation sites (N-methyl/N-ethyl adjacent to an activating group) is 1. The summed E-state index contributed by atoms with van der Waals surface area (Å²) in [6.45, 7) is 0. The number of halogens is 3. The van der Waals surface area contributed by atoms with E-state index in [1.165, 1.54) is 12.1 Å². The summed E-state index contributed by atoms with van der Waals surface area (Å²) in [5.74, 6) is -0.932. The van der Waals surface area contributed by atoms with Crippen molar-refractivity contribution in [3.8, 4) is 0 Å². The van der Waals surface area contributed by atoms with Gasteiger partial charge in [0.2, 0.25) is 0 Å². The van der Waals surface area contributed by atoms with Gasteiger partial charge < -0.3 is 9.22 Å². The van der Waals surface area contributed by atoms with Gasteiger partial charge >= 0.3 is 5.97 Å². The highest BCUT2D eigenvalue weighted by Crippen LogP contribution is 2.40. The number of carbonyl (C=O) groups excluding carboxylic acids is 1. The summed E-state index contributed by atoms with van der Waals surface area (Å²) in [5, 5.41) is 0.691. The first-order valence-electron chi connectivity index (χ1n) is 9.65. The summed E-state index contributed by atoms with van der Waals surface area (Å²) in [4.78, 5) is 13.2. The largest absolute Gasteiger partial charge is 0.459 e. The van der Waals surface area contributed by atoms with Crippen molar-refractivity contribution in [3.63, 3.8) is 0 Å². The summed E-state index contributed by atoms with van der Waals surface area (Å²) in [5.41, 5.74) is -2.24. The van der Waals surface area contributed by atoms with Gasteiger partial charge in [-0.05, 0) is 36.4 Å². The van der Waals surface area contributed by atoms with Gasteiger partial charge in [-0.3, -0.25) is 0 Å². The first kappa shape index (κ1) is 20.4. The third-order valence-corrected chi connectivity index (χ3v) is 6.74. The van der Waals surface area contributed by atoms with E-state index in [1.807, 2.05) is 0 Å². The van der Waals surface area contributed by atoms with Crippen LogP contribution in [0.3, 0.4) is 0 Å². The van der Waals surface area contributed by atoms with E-state index >= 15 is 4.39 Å². The molecule has 0 N–H and O–H groups in total. The van der Waals surface area contributed by atoms with Crippen LogP contribution in [0.2, 0.25) is 10.0 Å². The molecule has 3 nitrogen and oxygen atoms in total. The average molecular weight is 435 g/mol. The van der Waals surface area contributed by atoms with Crippen LogP contribution in [0.15, 0.2) is 60.7 Å². The van der Waals surface area contributed by atoms with E-state index in [2.05, 4.69) is 26.2 Å². The van der Waals surface area contributed by atoms with Gasteiger partial charge in [0.25, 0.3) is 5.67 Å². The lowest BCUT2D eigenvalue weighted by Gasteiger charge is -2.44. The van der Waals surface area contributed by atoms with Gasteiger partial charge in [0.05, 0.1) is 14.1 Å². The zero-order valence-corrected chi connectivity index (χ0v) is 17.8. The van der Waals surface area contributed by atoms with E-state index in [4.69, 9.17) is 27.9 Å². The second kappa shape index (κ2) is 7.42. The second-order valence-corrected chi connectivity index (χ2v) is 9.20. The summed E-state index contributed by atoms with van der Waals surface area (Å²) >= 11 is 12.2. The van der Waals surface area contributed by atoms with Crippen molar-refractivity contribution in [1.29, 1.82) is 0 Å². The third-order valence-electron chi connectivity index (χ3n) is 6.27. The highest BCUT2D eigenvalue weighted by atomic mass is 35.5. The van der Waals surface area contributed by atoms with Crippen LogP contribution in [0.4, 0.5) is 4.39 Å². The van der Waals surface area contributed by atoms with E-state index in [0.717, 1.165) is 4.48 Å². The summed E-state index contributed by atoms with van der Waals surface area (Å²) in [6, 6.07) is 13.0. The average Bonchev–Trinajstić information content (AvgIpc) is 2.84. The molecule has 1 saturated heterocycles. The minimum atomic E-state index is -2.50. The lowest BCUT2D eigenvalue weighted by molar-refractivity contribution is -0.926. The molecule has 4 rings (SSSR count). The molecule has 0 aromatic heterocycles. The Morgan fingerprint density at radius 3 is 1.93 bits per heavy atom. The predicted octanol–water partition coefficient (Wildman–Crippen LogP) is 5.30. The molecule has 0 amide bonds. The van der Waals surface area contributed by atoms with E-state index in [9.17, 15) is 4.79 Å². The predicted molar refractivity (Wildman–Crippen MR) is 113 cm³/mol. The number of esters is 1. The van der Waals surface area contributed by atoms with Crippen molar-refractivity contribution in [2.45, 2.75) is 36.7 Å². The Morgan fingerprint density at radius 2 is 1.48 bits per heavy atom. The standard InChI is InChI=1S/C23H23Cl2FNO2/c1-27(2)19-9-10-20(27)14-21(13-19)29-22(28)23(26,15-5-3-7-17(24)11-15)16-6-4-8-18(25)12-16/h3-12,19-21H,13-14H2,1-2H3/q+1/t19-,20?,21?/m1/s1. The zero-order valence-electron chi connectivity index (χ0n) is 16.3. The molecule has 2 aromatic carbocycles. The van der Waals surface area contributed by atoms with Crippen LogP contribution in [0.5, 0.6) is 0 Å². The topological polar surface area (TPSA) is 26.3 Å². The van der Waals surface area contributed by atoms with Crippen molar-refractivity contribution in [3.05, 3.63) is 81.9 Å². The number of alkyl halides is 1. The van der Waals surface area contributed by atoms with Gasteiger partial charge in [-0.15, -0.1) is 0 Å². The number of hydrogen-bond donors (Lipinski definition) is 0. The molecule has 2 unspecified atom stereocenters. The van der Waals surface area contributed by atoms with Crippen molar-refractivity contribution in [2.24, 2.45) is 0 Å². The Morgan fingerprint density at radius 1 is 1.00 bits per heavy atom. The lowest BCUT2D eigenvalue weighted by Crippen LogP contribution is -2.57. The Bertz CT molecular complexity index is 911. The number of nitrogens with zero attached hydrogens (tertiary/aromatic N) is 1. The number of ether oxygens (including phenoxy) is 1. The molecule has 0 saturated carbocycles. The molecule has 29 heavy (non-hydrogen) atoms. The molecule has 2 aromatic rings. The van der Waals surface area contributed by atoms with Crippen LogP contribution in [0.1, 0.15) is 24.0 Å². The molecule has 2 heterocycles. The van der Waals surface area contributed by atoms with Crippen molar-refractivity contribution in [1.82, 2.24) is 0 Å². The molecule has 2 aliphatic rings. The van der Waals surface area contributed by atoms with Crippen molar-refractivity contribution in [2.75, 3.05) is 14.1 Å². The number of carbonyl (C=O) groups is 1. The summed E-state index contributed by atoms with van der Waals surface area (Å²) in [6.07, 6.45) is 5.36. The molecule has 2 bridgehead atoms. The van der Waals surface area contributed by atoms with Gasteiger partial charge in [-0.2, -0.15) is 0 Å². The van der Waals surface area contributed by atoms with Crippen LogP contribution in [-0.4, -0.2) is 42.7 Å². The molecular weight excluding hydrogens is 412 g/mol. The maximum atomic E-state index is 16.5. The fourth-order valence-electron chi connectivity index (χ4n) is 4.42. The fraction of sp³-hybridized carbons (Fsp3) is 0.348. The van der Waals surface area contributed by atoms with Crippen molar-refractivity contribution >= 4 is 29.2 Å². The zero-order chi connectivity index (χ0) is 20.8. The van der Waals surface area contributed by atoms with Gasteiger partial charge in [0.1, 0.15) is 18.2 Å². The van der Waals surface area contributed by atoms with Gasteiger partial charge in [0.15, 0.2) is 0 Å². The van der Waals surface area contributed by atoms with Gasteiger partial charge in [-0.1, -0.05) is 47.5 Å². The molecule has 2 aliphatic heterocycles. The Hall–Kier alpha value is -1.88. The molecule has 1 fully saturated rings. The first-order valence-corrected chi connectivity index (χ1v) is 10.4. The monoisotopic (exact) mass is 434 g/mol. The van der Waals surface area contributed by atoms with Crippen LogP contribution in [0, 0.1) is 0 Å². The SMILES string of the molecule is C[N+]1(C)C2C=C[C@@H]1CC(OC(=O)C(F)(c1cccc(Cl)c1)c1cccc(Cl)c1)C2. The van der Waals surface area contributed by atoms with E-state index < -0.39 is 11.6 Å². The second-order valence-electron chi connectivity index (χ2n) is 8.33. The Balaban J connectivity index is 1.66. The minimum absolute atomic E-state index is 0.130. The maximum Gasteiger partial charge on any atom is 0.353 e. The van der Waals surface area contributed by atoms with E-state index in [1.54, 1.807) is 36.4 Å². The first-order chi connectivity index (χ1) is 13.7. The quantitative estimate of drug-likeness (QED) is 0.370. The molecule has 3 atom stereocenters. The minimum Gasteiger partial charge on any atom is -0.459 e. The number of benzene rings is 2. The van der Waals surface area contributed by atoms with E-state index in [-0.39, 0.29) is 29.3 Å². The number of quaternary nitrogens is 1. The normalized spacial score (nSPS) is 25.1. The molecule has 0 spiro atoms. The molecule has 0 radical (unpaired) electrons. The lowest BCUT2D eigenvalue weighted by atomic mass is 9.87. The molecular formula is C23H23Cl2FNO2+.